The van der Waals surface area contributed by atoms with Crippen molar-refractivity contribution in [3.63, 3.8) is 0 Å². The second kappa shape index (κ2) is 10.0. The number of ether oxygens (including phenoxy) is 1. The highest BCUT2D eigenvalue weighted by Crippen LogP contribution is 2.30. The largest absolute Gasteiger partial charge is 0.497 e. The highest BCUT2D eigenvalue weighted by molar-refractivity contribution is 7.80. The summed E-state index contributed by atoms with van der Waals surface area (Å²) in [5.74, 6) is 1.21. The first-order chi connectivity index (χ1) is 17.4. The predicted molar refractivity (Wildman–Crippen MR) is 144 cm³/mol. The molecule has 1 amide bonds. The van der Waals surface area contributed by atoms with Gasteiger partial charge in [0.2, 0.25) is 5.89 Å². The van der Waals surface area contributed by atoms with Crippen LogP contribution in [0, 0.1) is 0 Å². The van der Waals surface area contributed by atoms with Crippen molar-refractivity contribution in [1.82, 2.24) is 10.3 Å². The average molecular weight is 538 g/mol. The lowest BCUT2D eigenvalue weighted by Gasteiger charge is -2.09. The Morgan fingerprint density at radius 1 is 0.944 bits per heavy atom. The molecule has 0 atom stereocenters. The molecule has 0 saturated heterocycles. The Balaban J connectivity index is 1.26. The molecule has 0 spiro atoms. The number of carbonyl (C=O) groups is 1. The summed E-state index contributed by atoms with van der Waals surface area (Å²) in [6, 6.07) is 21.0. The summed E-state index contributed by atoms with van der Waals surface area (Å²) >= 11 is 17.3. The molecule has 0 aliphatic heterocycles. The van der Waals surface area contributed by atoms with Gasteiger partial charge < -0.3 is 18.9 Å². The van der Waals surface area contributed by atoms with E-state index in [4.69, 9.17) is 49.0 Å². The van der Waals surface area contributed by atoms with Gasteiger partial charge in [-0.1, -0.05) is 29.3 Å². The monoisotopic (exact) mass is 537 g/mol. The van der Waals surface area contributed by atoms with Crippen LogP contribution in [0.5, 0.6) is 5.75 Å². The number of hydrogen-bond acceptors (Lipinski definition) is 6. The Bertz CT molecular complexity index is 1610. The lowest BCUT2D eigenvalue weighted by molar-refractivity contribution is 0.0951. The minimum absolute atomic E-state index is 0.0934. The lowest BCUT2D eigenvalue weighted by Crippen LogP contribution is -2.33. The molecular formula is C26H17Cl2N3O4S. The normalized spacial score (nSPS) is 10.9. The van der Waals surface area contributed by atoms with E-state index in [1.807, 2.05) is 30.3 Å². The van der Waals surface area contributed by atoms with E-state index in [9.17, 15) is 4.79 Å². The Morgan fingerprint density at radius 2 is 1.81 bits per heavy atom. The second-order valence-corrected chi connectivity index (χ2v) is 8.86. The van der Waals surface area contributed by atoms with E-state index in [0.717, 1.165) is 5.56 Å². The quantitative estimate of drug-likeness (QED) is 0.229. The van der Waals surface area contributed by atoms with Crippen molar-refractivity contribution in [3.8, 4) is 28.5 Å². The topological polar surface area (TPSA) is 89.5 Å². The number of aromatic nitrogens is 1. The molecule has 0 bridgehead atoms. The number of rotatable bonds is 5. The lowest BCUT2D eigenvalue weighted by atomic mass is 10.2. The van der Waals surface area contributed by atoms with E-state index >= 15 is 0 Å². The molecule has 5 aromatic rings. The van der Waals surface area contributed by atoms with Gasteiger partial charge in [-0.05, 0) is 72.9 Å². The molecule has 0 aliphatic rings. The SMILES string of the molecule is COc1ccc2oc(-c3cccc(NC(=S)NC(=O)c4ccc(-c5ccc(Cl)c(Cl)c5)o4)c3)nc2c1. The Hall–Kier alpha value is -3.85. The highest BCUT2D eigenvalue weighted by Gasteiger charge is 2.15. The molecule has 180 valence electrons. The molecule has 2 aromatic heterocycles. The molecule has 5 rings (SSSR count). The molecule has 0 saturated carbocycles. The van der Waals surface area contributed by atoms with Crippen molar-refractivity contribution in [2.45, 2.75) is 0 Å². The molecule has 0 aliphatic carbocycles. The van der Waals surface area contributed by atoms with Gasteiger partial charge >= 0.3 is 0 Å². The first kappa shape index (κ1) is 23.9. The summed E-state index contributed by atoms with van der Waals surface area (Å²) in [5.41, 5.74) is 3.41. The fraction of sp³-hybridized carbons (Fsp3) is 0.0385. The number of anilines is 1. The number of nitrogens with zero attached hydrogens (tertiary/aromatic N) is 1. The van der Waals surface area contributed by atoms with Gasteiger partial charge in [-0.15, -0.1) is 0 Å². The molecule has 3 aromatic carbocycles. The van der Waals surface area contributed by atoms with Gasteiger partial charge in [-0.25, -0.2) is 4.98 Å². The van der Waals surface area contributed by atoms with Crippen LogP contribution in [0.3, 0.4) is 0 Å². The van der Waals surface area contributed by atoms with Gasteiger partial charge in [0.15, 0.2) is 16.5 Å². The zero-order chi connectivity index (χ0) is 25.2. The third kappa shape index (κ3) is 5.06. The molecule has 0 fully saturated rings. The maximum atomic E-state index is 12.6. The average Bonchev–Trinajstić information content (AvgIpc) is 3.53. The predicted octanol–water partition coefficient (Wildman–Crippen LogP) is 7.20. The second-order valence-electron chi connectivity index (χ2n) is 7.63. The summed E-state index contributed by atoms with van der Waals surface area (Å²) in [7, 11) is 1.60. The van der Waals surface area contributed by atoms with Crippen molar-refractivity contribution >= 4 is 63.2 Å². The summed E-state index contributed by atoms with van der Waals surface area (Å²) in [6.07, 6.45) is 0. The zero-order valence-corrected chi connectivity index (χ0v) is 21.0. The van der Waals surface area contributed by atoms with Crippen LogP contribution in [0.15, 0.2) is 81.6 Å². The standard InChI is InChI=1S/C26H17Cl2N3O4S/c1-33-17-6-8-22-20(13-17)30-25(35-22)15-3-2-4-16(11-15)29-26(36)31-24(32)23-10-9-21(34-23)14-5-7-18(27)19(28)12-14/h2-13H,1H3,(H2,29,31,32,36). The fourth-order valence-electron chi connectivity index (χ4n) is 3.48. The minimum atomic E-state index is -0.497. The Morgan fingerprint density at radius 3 is 2.61 bits per heavy atom. The van der Waals surface area contributed by atoms with Crippen molar-refractivity contribution in [2.24, 2.45) is 0 Å². The van der Waals surface area contributed by atoms with E-state index in [0.29, 0.717) is 49.8 Å². The summed E-state index contributed by atoms with van der Waals surface area (Å²) < 4.78 is 16.8. The van der Waals surface area contributed by atoms with Crippen LogP contribution in [0.1, 0.15) is 10.6 Å². The molecular weight excluding hydrogens is 521 g/mol. The van der Waals surface area contributed by atoms with Gasteiger partial charge in [0.1, 0.15) is 17.0 Å². The number of methoxy groups -OCH3 is 1. The summed E-state index contributed by atoms with van der Waals surface area (Å²) in [4.78, 5) is 17.2. The summed E-state index contributed by atoms with van der Waals surface area (Å²) in [6.45, 7) is 0. The van der Waals surface area contributed by atoms with Crippen LogP contribution in [0.4, 0.5) is 5.69 Å². The van der Waals surface area contributed by atoms with Crippen molar-refractivity contribution in [2.75, 3.05) is 12.4 Å². The third-order valence-electron chi connectivity index (χ3n) is 5.22. The van der Waals surface area contributed by atoms with E-state index in [1.165, 1.54) is 0 Å². The van der Waals surface area contributed by atoms with Crippen molar-refractivity contribution < 1.29 is 18.4 Å². The number of furan rings is 1. The van der Waals surface area contributed by atoms with Crippen LogP contribution >= 0.6 is 35.4 Å². The van der Waals surface area contributed by atoms with E-state index in [1.54, 1.807) is 49.6 Å². The summed E-state index contributed by atoms with van der Waals surface area (Å²) in [5, 5.41) is 6.53. The molecule has 0 radical (unpaired) electrons. The van der Waals surface area contributed by atoms with E-state index < -0.39 is 5.91 Å². The number of amides is 1. The van der Waals surface area contributed by atoms with Gasteiger partial charge in [-0.3, -0.25) is 10.1 Å². The number of hydrogen-bond donors (Lipinski definition) is 2. The molecule has 2 heterocycles. The molecule has 10 heteroatoms. The van der Waals surface area contributed by atoms with Crippen LogP contribution < -0.4 is 15.4 Å². The van der Waals surface area contributed by atoms with Crippen LogP contribution in [0.2, 0.25) is 10.0 Å². The number of oxazole rings is 1. The van der Waals surface area contributed by atoms with E-state index in [2.05, 4.69) is 15.6 Å². The van der Waals surface area contributed by atoms with E-state index in [-0.39, 0.29) is 10.9 Å². The minimum Gasteiger partial charge on any atom is -0.497 e. The third-order valence-corrected chi connectivity index (χ3v) is 6.17. The van der Waals surface area contributed by atoms with Gasteiger partial charge in [0.05, 0.1) is 17.2 Å². The maximum Gasteiger partial charge on any atom is 0.293 e. The number of carbonyl (C=O) groups excluding carboxylic acids is 1. The fourth-order valence-corrected chi connectivity index (χ4v) is 3.99. The van der Waals surface area contributed by atoms with Gasteiger partial charge in [-0.2, -0.15) is 0 Å². The smallest absolute Gasteiger partial charge is 0.293 e. The van der Waals surface area contributed by atoms with Crippen molar-refractivity contribution in [1.29, 1.82) is 0 Å². The first-order valence-corrected chi connectivity index (χ1v) is 11.8. The van der Waals surface area contributed by atoms with Gasteiger partial charge in [0, 0.05) is 22.9 Å². The zero-order valence-electron chi connectivity index (χ0n) is 18.7. The van der Waals surface area contributed by atoms with Crippen LogP contribution in [-0.4, -0.2) is 23.1 Å². The maximum absolute atomic E-state index is 12.6. The van der Waals surface area contributed by atoms with Gasteiger partial charge in [0.25, 0.3) is 5.91 Å². The number of nitrogens with one attached hydrogen (secondary N) is 2. The first-order valence-electron chi connectivity index (χ1n) is 10.6. The molecule has 7 nitrogen and oxygen atoms in total. The Labute approximate surface area is 221 Å². The number of benzene rings is 3. The molecule has 2 N–H and O–H groups in total. The molecule has 0 unspecified atom stereocenters. The van der Waals surface area contributed by atoms with Crippen molar-refractivity contribution in [3.05, 3.63) is 88.6 Å². The molecule has 36 heavy (non-hydrogen) atoms. The number of thiocarbonyl (C=S) groups is 1. The van der Waals surface area contributed by atoms with Crippen LogP contribution in [-0.2, 0) is 0 Å². The Kier molecular flexibility index (Phi) is 6.65. The number of fused-ring (bicyclic) bond motifs is 1. The highest BCUT2D eigenvalue weighted by atomic mass is 35.5. The number of halogens is 2. The van der Waals surface area contributed by atoms with Crippen LogP contribution in [0.25, 0.3) is 33.9 Å².